The molecular weight excluding hydrogens is 414 g/mol. The maximum absolute atomic E-state index is 12.7. The molecular formula is C18H17N5O6S. The van der Waals surface area contributed by atoms with Crippen LogP contribution in [0.5, 0.6) is 0 Å². The van der Waals surface area contributed by atoms with E-state index in [1.54, 1.807) is 0 Å². The summed E-state index contributed by atoms with van der Waals surface area (Å²) >= 11 is 5.24. The molecule has 156 valence electrons. The van der Waals surface area contributed by atoms with E-state index in [1.165, 1.54) is 60.2 Å². The lowest BCUT2D eigenvalue weighted by atomic mass is 10.1. The highest BCUT2D eigenvalue weighted by atomic mass is 32.1. The topological polar surface area (TPSA) is 162 Å². The molecule has 12 heteroatoms. The molecule has 0 saturated carbocycles. The number of fused-ring (bicyclic) bond motifs is 1. The van der Waals surface area contributed by atoms with Crippen molar-refractivity contribution in [3.05, 3.63) is 63.2 Å². The van der Waals surface area contributed by atoms with Crippen LogP contribution < -0.4 is 15.8 Å². The second-order valence-electron chi connectivity index (χ2n) is 6.27. The van der Waals surface area contributed by atoms with Crippen molar-refractivity contribution < 1.29 is 30.5 Å². The van der Waals surface area contributed by atoms with E-state index in [0.717, 1.165) is 0 Å². The number of amides is 1. The molecule has 0 aliphatic rings. The number of aromatic nitrogens is 2. The van der Waals surface area contributed by atoms with Gasteiger partial charge < -0.3 is 20.7 Å². The molecule has 6 N–H and O–H groups in total. The van der Waals surface area contributed by atoms with Crippen molar-refractivity contribution in [1.82, 2.24) is 9.55 Å². The van der Waals surface area contributed by atoms with Crippen molar-refractivity contribution in [2.45, 2.75) is 6.92 Å². The average molecular weight is 431 g/mol. The number of ketones is 1. The molecule has 11 nitrogen and oxygen atoms in total. The summed E-state index contributed by atoms with van der Waals surface area (Å²) in [6.07, 6.45) is 1.23. The first-order valence-corrected chi connectivity index (χ1v) is 8.93. The minimum absolute atomic E-state index is 0.0194. The zero-order valence-electron chi connectivity index (χ0n) is 15.5. The first-order valence-electron chi connectivity index (χ1n) is 8.52. The van der Waals surface area contributed by atoms with Crippen molar-refractivity contribution >= 4 is 58.2 Å². The maximum atomic E-state index is 12.7. The fourth-order valence-electron chi connectivity index (χ4n) is 2.72. The van der Waals surface area contributed by atoms with Crippen molar-refractivity contribution in [3.63, 3.8) is 0 Å². The molecule has 1 amide bonds. The number of hydrogen-bond acceptors (Lipinski definition) is 7. The van der Waals surface area contributed by atoms with Gasteiger partial charge in [0.1, 0.15) is 0 Å². The zero-order chi connectivity index (χ0) is 22.0. The van der Waals surface area contributed by atoms with E-state index >= 15 is 0 Å². The molecule has 2 aromatic carbocycles. The predicted molar refractivity (Wildman–Crippen MR) is 109 cm³/mol. The van der Waals surface area contributed by atoms with Gasteiger partial charge in [-0.2, -0.15) is 10.5 Å². The number of nitrogens with zero attached hydrogens (tertiary/aromatic N) is 1. The Morgan fingerprint density at radius 2 is 1.70 bits per heavy atom. The summed E-state index contributed by atoms with van der Waals surface area (Å²) in [6, 6.07) is 9.75. The van der Waals surface area contributed by atoms with Crippen molar-refractivity contribution in [2.24, 2.45) is 0 Å². The predicted octanol–water partition coefficient (Wildman–Crippen LogP) is 0.574. The van der Waals surface area contributed by atoms with Crippen molar-refractivity contribution in [3.8, 4) is 0 Å². The number of quaternary nitrogens is 2. The van der Waals surface area contributed by atoms with E-state index in [0.29, 0.717) is 16.7 Å². The smallest absolute Gasteiger partial charge is 0.260 e. The summed E-state index contributed by atoms with van der Waals surface area (Å²) in [6.45, 7) is 1.21. The molecule has 0 aliphatic heterocycles. The van der Waals surface area contributed by atoms with Crippen LogP contribution in [0.3, 0.4) is 0 Å². The molecule has 0 saturated heterocycles. The molecule has 1 heterocycles. The summed E-state index contributed by atoms with van der Waals surface area (Å²) < 4.78 is 1.52. The lowest BCUT2D eigenvalue weighted by Crippen LogP contribution is -2.99. The molecule has 0 aliphatic carbocycles. The number of nitrogens with one attached hydrogen (secondary N) is 4. The van der Waals surface area contributed by atoms with Crippen LogP contribution in [0, 0.1) is 15.2 Å². The highest BCUT2D eigenvalue weighted by molar-refractivity contribution is 7.71. The highest BCUT2D eigenvalue weighted by Crippen LogP contribution is 2.19. The molecule has 0 bridgehead atoms. The Morgan fingerprint density at radius 3 is 2.27 bits per heavy atom. The molecule has 1 aromatic heterocycles. The molecule has 3 aromatic rings. The van der Waals surface area contributed by atoms with Gasteiger partial charge in [-0.15, -0.1) is 0 Å². The Hall–Kier alpha value is -3.23. The minimum Gasteiger partial charge on any atom is -0.595 e. The van der Waals surface area contributed by atoms with Gasteiger partial charge in [-0.25, -0.2) is 10.4 Å². The number of rotatable bonds is 6. The highest BCUT2D eigenvalue weighted by Gasteiger charge is 2.17. The van der Waals surface area contributed by atoms with Gasteiger partial charge in [-0.3, -0.25) is 14.2 Å². The van der Waals surface area contributed by atoms with E-state index in [2.05, 4.69) is 10.3 Å². The number of benzene rings is 2. The zero-order valence-corrected chi connectivity index (χ0v) is 16.3. The van der Waals surface area contributed by atoms with Crippen LogP contribution in [0.25, 0.3) is 17.2 Å². The lowest BCUT2D eigenvalue weighted by molar-refractivity contribution is -0.991. The summed E-state index contributed by atoms with van der Waals surface area (Å²) in [5.41, 5.74) is 1.06. The van der Waals surface area contributed by atoms with Gasteiger partial charge in [0.2, 0.25) is 0 Å². The number of hydrogen-bond donors (Lipinski definition) is 6. The van der Waals surface area contributed by atoms with Crippen molar-refractivity contribution in [2.75, 3.05) is 5.32 Å². The number of carbonyl (C=O) groups excluding carboxylic acids is 2. The molecule has 0 fully saturated rings. The second-order valence-corrected chi connectivity index (χ2v) is 6.66. The maximum Gasteiger partial charge on any atom is 0.260 e. The van der Waals surface area contributed by atoms with Gasteiger partial charge in [-0.1, -0.05) is 0 Å². The summed E-state index contributed by atoms with van der Waals surface area (Å²) in [5, 5.41) is 40.6. The van der Waals surface area contributed by atoms with Crippen LogP contribution in [0.1, 0.15) is 6.92 Å². The van der Waals surface area contributed by atoms with E-state index < -0.39 is 22.1 Å². The SMILES string of the molecule is CC(=O)/C(=C\n1c(=S)[nH]c2ccc([NH+]([O-])O)cc21)C(=O)Nc1ccc([NH+]([O-])O)cc1. The molecule has 30 heavy (non-hydrogen) atoms. The van der Waals surface area contributed by atoms with E-state index in [9.17, 15) is 25.2 Å². The quantitative estimate of drug-likeness (QED) is 0.109. The number of aromatic amines is 1. The first kappa shape index (κ1) is 21.5. The Labute approximate surface area is 174 Å². The van der Waals surface area contributed by atoms with Gasteiger partial charge in [0, 0.05) is 36.2 Å². The second kappa shape index (κ2) is 8.64. The largest absolute Gasteiger partial charge is 0.595 e. The Balaban J connectivity index is 1.99. The number of Topliss-reactive ketones (excluding diaryl/α,β-unsaturated/α-hetero) is 1. The van der Waals surface area contributed by atoms with Crippen LogP contribution in [-0.4, -0.2) is 31.7 Å². The van der Waals surface area contributed by atoms with Crippen LogP contribution >= 0.6 is 12.2 Å². The van der Waals surface area contributed by atoms with Gasteiger partial charge in [0.05, 0.1) is 16.6 Å². The number of imidazole rings is 1. The fraction of sp³-hybridized carbons (Fsp3) is 0.0556. The average Bonchev–Trinajstić information content (AvgIpc) is 3.00. The van der Waals surface area contributed by atoms with Crippen LogP contribution in [0.15, 0.2) is 48.0 Å². The normalized spacial score (nSPS) is 13.8. The Kier molecular flexibility index (Phi) is 6.19. The van der Waals surface area contributed by atoms with E-state index in [4.69, 9.17) is 17.4 Å². The molecule has 2 unspecified atom stereocenters. The summed E-state index contributed by atoms with van der Waals surface area (Å²) in [4.78, 5) is 27.6. The first-order chi connectivity index (χ1) is 14.2. The Morgan fingerprint density at radius 1 is 1.10 bits per heavy atom. The van der Waals surface area contributed by atoms with Gasteiger partial charge >= 0.3 is 0 Å². The minimum atomic E-state index is -1.13. The fourth-order valence-corrected chi connectivity index (χ4v) is 2.98. The van der Waals surface area contributed by atoms with Crippen LogP contribution in [0.2, 0.25) is 0 Å². The van der Waals surface area contributed by atoms with Gasteiger partial charge in [-0.05, 0) is 37.3 Å². The number of carbonyl (C=O) groups is 2. The van der Waals surface area contributed by atoms with E-state index in [1.807, 2.05) is 0 Å². The lowest BCUT2D eigenvalue weighted by Gasteiger charge is -2.12. The summed E-state index contributed by atoms with van der Waals surface area (Å²) in [5.74, 6) is -1.27. The molecule has 0 radical (unpaired) electrons. The van der Waals surface area contributed by atoms with E-state index in [-0.39, 0.29) is 21.7 Å². The molecule has 2 atom stereocenters. The third kappa shape index (κ3) is 4.50. The number of H-pyrrole nitrogens is 1. The molecule has 3 rings (SSSR count). The van der Waals surface area contributed by atoms with Gasteiger partial charge in [0.15, 0.2) is 21.9 Å². The number of anilines is 1. The molecule has 0 spiro atoms. The third-order valence-corrected chi connectivity index (χ3v) is 4.54. The van der Waals surface area contributed by atoms with Gasteiger partial charge in [0.25, 0.3) is 5.91 Å². The standard InChI is InChI=1S/C18H17N5O6S/c1-10(24)14(17(25)19-11-2-4-12(5-3-11)22(26)27)9-21-16-8-13(23(28)29)6-7-15(16)20-18(21)30/h2-9,22-23,26,28H,1H3,(H,19,25)(H,20,30)/b14-9+. The Bertz CT molecular complexity index is 1200. The van der Waals surface area contributed by atoms with Crippen LogP contribution in [-0.2, 0) is 9.59 Å². The summed E-state index contributed by atoms with van der Waals surface area (Å²) in [7, 11) is 0. The van der Waals surface area contributed by atoms with Crippen molar-refractivity contribution in [1.29, 1.82) is 0 Å². The third-order valence-electron chi connectivity index (χ3n) is 4.24. The monoisotopic (exact) mass is 431 g/mol. The van der Waals surface area contributed by atoms with Crippen LogP contribution in [0.4, 0.5) is 17.1 Å².